The van der Waals surface area contributed by atoms with Crippen LogP contribution in [-0.4, -0.2) is 16.1 Å². The summed E-state index contributed by atoms with van der Waals surface area (Å²) in [7, 11) is 0. The number of phenols is 2. The van der Waals surface area contributed by atoms with Crippen molar-refractivity contribution in [1.82, 2.24) is 5.32 Å². The van der Waals surface area contributed by atoms with Crippen LogP contribution < -0.4 is 5.32 Å². The monoisotopic (exact) mass is 367 g/mol. The molecule has 3 rings (SSSR count). The lowest BCUT2D eigenvalue weighted by Gasteiger charge is -2.24. The summed E-state index contributed by atoms with van der Waals surface area (Å²) in [6, 6.07) is 1.59. The maximum atomic E-state index is 13.0. The minimum Gasteiger partial charge on any atom is -0.507 e. The van der Waals surface area contributed by atoms with E-state index < -0.39 is 0 Å². The number of amides is 1. The Bertz CT molecular complexity index is 874. The molecule has 1 amide bonds. The van der Waals surface area contributed by atoms with Gasteiger partial charge in [-0.1, -0.05) is 17.7 Å². The molecule has 2 aliphatic carbocycles. The molecule has 4 nitrogen and oxygen atoms in total. The van der Waals surface area contributed by atoms with Gasteiger partial charge in [-0.05, 0) is 82.6 Å². The van der Waals surface area contributed by atoms with Crippen molar-refractivity contribution in [1.29, 1.82) is 0 Å². The number of allylic oxidation sites excluding steroid dienone is 5. The van der Waals surface area contributed by atoms with E-state index in [0.717, 1.165) is 48.9 Å². The van der Waals surface area contributed by atoms with E-state index in [-0.39, 0.29) is 28.9 Å². The summed E-state index contributed by atoms with van der Waals surface area (Å²) in [6.07, 6.45) is 9.02. The zero-order valence-electron chi connectivity index (χ0n) is 16.6. The van der Waals surface area contributed by atoms with Crippen LogP contribution in [0.1, 0.15) is 80.3 Å². The summed E-state index contributed by atoms with van der Waals surface area (Å²) in [5, 5.41) is 24.4. The molecule has 1 aromatic rings. The van der Waals surface area contributed by atoms with E-state index in [4.69, 9.17) is 0 Å². The summed E-state index contributed by atoms with van der Waals surface area (Å²) in [5.41, 5.74) is 5.57. The van der Waals surface area contributed by atoms with Crippen molar-refractivity contribution in [2.45, 2.75) is 65.7 Å². The average Bonchev–Trinajstić information content (AvgIpc) is 2.58. The largest absolute Gasteiger partial charge is 0.507 e. The SMILES string of the molecule is CC1=CC(c2c(O)cc(C)c(C(=O)NC3=C(C)CCC=C3C)c2O)CCC1. The van der Waals surface area contributed by atoms with Crippen LogP contribution in [0.25, 0.3) is 0 Å². The van der Waals surface area contributed by atoms with Crippen molar-refractivity contribution in [3.8, 4) is 11.5 Å². The lowest BCUT2D eigenvalue weighted by Crippen LogP contribution is -2.26. The molecule has 0 spiro atoms. The molecule has 0 heterocycles. The van der Waals surface area contributed by atoms with E-state index in [9.17, 15) is 15.0 Å². The lowest BCUT2D eigenvalue weighted by molar-refractivity contribution is 0.0962. The fourth-order valence-electron chi connectivity index (χ4n) is 4.24. The van der Waals surface area contributed by atoms with Crippen LogP contribution >= 0.6 is 0 Å². The maximum absolute atomic E-state index is 13.0. The van der Waals surface area contributed by atoms with E-state index in [1.54, 1.807) is 13.0 Å². The van der Waals surface area contributed by atoms with Gasteiger partial charge >= 0.3 is 0 Å². The van der Waals surface area contributed by atoms with E-state index in [0.29, 0.717) is 11.1 Å². The van der Waals surface area contributed by atoms with Crippen molar-refractivity contribution in [2.24, 2.45) is 0 Å². The van der Waals surface area contributed by atoms with Gasteiger partial charge in [-0.3, -0.25) is 4.79 Å². The number of rotatable bonds is 3. The zero-order chi connectivity index (χ0) is 19.7. The van der Waals surface area contributed by atoms with Gasteiger partial charge in [0.15, 0.2) is 0 Å². The highest BCUT2D eigenvalue weighted by atomic mass is 16.3. The number of nitrogens with one attached hydrogen (secondary N) is 1. The van der Waals surface area contributed by atoms with Crippen LogP contribution in [0, 0.1) is 6.92 Å². The first-order chi connectivity index (χ1) is 12.8. The molecule has 27 heavy (non-hydrogen) atoms. The molecule has 4 heteroatoms. The first kappa shape index (κ1) is 19.3. The number of aryl methyl sites for hydroxylation is 1. The number of carbonyl (C=O) groups excluding carboxylic acids is 1. The Morgan fingerprint density at radius 3 is 2.56 bits per heavy atom. The van der Waals surface area contributed by atoms with Crippen molar-refractivity contribution >= 4 is 5.91 Å². The van der Waals surface area contributed by atoms with Gasteiger partial charge in [0, 0.05) is 17.2 Å². The number of aromatic hydroxyl groups is 2. The highest BCUT2D eigenvalue weighted by Crippen LogP contribution is 2.43. The number of hydrogen-bond acceptors (Lipinski definition) is 3. The van der Waals surface area contributed by atoms with Crippen LogP contribution in [-0.2, 0) is 0 Å². The van der Waals surface area contributed by atoms with Crippen molar-refractivity contribution < 1.29 is 15.0 Å². The average molecular weight is 367 g/mol. The second kappa shape index (κ2) is 7.63. The summed E-state index contributed by atoms with van der Waals surface area (Å²) in [4.78, 5) is 13.0. The predicted molar refractivity (Wildman–Crippen MR) is 108 cm³/mol. The number of benzene rings is 1. The van der Waals surface area contributed by atoms with Crippen molar-refractivity contribution in [2.75, 3.05) is 0 Å². The highest BCUT2D eigenvalue weighted by Gasteiger charge is 2.27. The molecule has 144 valence electrons. The van der Waals surface area contributed by atoms with Crippen LogP contribution in [0.5, 0.6) is 11.5 Å². The van der Waals surface area contributed by atoms with Gasteiger partial charge in [0.05, 0.1) is 5.56 Å². The summed E-state index contributed by atoms with van der Waals surface area (Å²) in [6.45, 7) is 7.82. The first-order valence-electron chi connectivity index (χ1n) is 9.70. The predicted octanol–water partition coefficient (Wildman–Crippen LogP) is 5.36. The molecule has 2 aliphatic rings. The number of phenolic OH excluding ortho intramolecular Hbond substituents is 2. The topological polar surface area (TPSA) is 69.6 Å². The Morgan fingerprint density at radius 1 is 1.15 bits per heavy atom. The van der Waals surface area contributed by atoms with E-state index in [1.165, 1.54) is 5.57 Å². The molecule has 1 atom stereocenters. The van der Waals surface area contributed by atoms with Gasteiger partial charge in [0.25, 0.3) is 5.91 Å². The maximum Gasteiger partial charge on any atom is 0.259 e. The third-order valence-electron chi connectivity index (χ3n) is 5.71. The molecular weight excluding hydrogens is 338 g/mol. The molecule has 0 fully saturated rings. The lowest BCUT2D eigenvalue weighted by atomic mass is 9.83. The van der Waals surface area contributed by atoms with Gasteiger partial charge in [-0.15, -0.1) is 0 Å². The molecule has 3 N–H and O–H groups in total. The molecule has 0 saturated heterocycles. The minimum atomic E-state index is -0.327. The molecule has 0 radical (unpaired) electrons. The Morgan fingerprint density at radius 2 is 1.89 bits per heavy atom. The standard InChI is InChI=1S/C23H29NO3/c1-13-7-5-10-17(11-13)20-18(25)12-16(4)19(22(20)26)23(27)24-21-14(2)8-6-9-15(21)3/h8,11-12,17,25-26H,5-7,9-10H2,1-4H3,(H,24,27). The van der Waals surface area contributed by atoms with Crippen LogP contribution in [0.15, 0.2) is 40.6 Å². The quantitative estimate of drug-likeness (QED) is 0.630. The number of hydrogen-bond donors (Lipinski definition) is 3. The normalized spacial score (nSPS) is 20.2. The highest BCUT2D eigenvalue weighted by molar-refractivity contribution is 6.00. The summed E-state index contributed by atoms with van der Waals surface area (Å²) < 4.78 is 0. The van der Waals surface area contributed by atoms with Crippen LogP contribution in [0.2, 0.25) is 0 Å². The van der Waals surface area contributed by atoms with Gasteiger partial charge in [-0.25, -0.2) is 0 Å². The van der Waals surface area contributed by atoms with E-state index in [1.807, 2.05) is 13.8 Å². The minimum absolute atomic E-state index is 0.0571. The molecular formula is C23H29NO3. The first-order valence-corrected chi connectivity index (χ1v) is 9.70. The molecule has 0 aliphatic heterocycles. The number of carbonyl (C=O) groups is 1. The molecule has 1 unspecified atom stereocenters. The fourth-order valence-corrected chi connectivity index (χ4v) is 4.24. The van der Waals surface area contributed by atoms with Gasteiger partial charge in [0.2, 0.25) is 0 Å². The molecule has 0 bridgehead atoms. The zero-order valence-corrected chi connectivity index (χ0v) is 16.6. The smallest absolute Gasteiger partial charge is 0.259 e. The Balaban J connectivity index is 2.01. The third kappa shape index (κ3) is 3.80. The van der Waals surface area contributed by atoms with Crippen LogP contribution in [0.4, 0.5) is 0 Å². The van der Waals surface area contributed by atoms with Crippen LogP contribution in [0.3, 0.4) is 0 Å². The fraction of sp³-hybridized carbons (Fsp3) is 0.435. The van der Waals surface area contributed by atoms with Gasteiger partial charge < -0.3 is 15.5 Å². The van der Waals surface area contributed by atoms with E-state index >= 15 is 0 Å². The Labute approximate surface area is 161 Å². The van der Waals surface area contributed by atoms with E-state index in [2.05, 4.69) is 24.4 Å². The van der Waals surface area contributed by atoms with Gasteiger partial charge in [0.1, 0.15) is 11.5 Å². The second-order valence-electron chi connectivity index (χ2n) is 7.90. The Kier molecular flexibility index (Phi) is 5.45. The van der Waals surface area contributed by atoms with Gasteiger partial charge in [-0.2, -0.15) is 0 Å². The summed E-state index contributed by atoms with van der Waals surface area (Å²) >= 11 is 0. The second-order valence-corrected chi connectivity index (χ2v) is 7.90. The summed E-state index contributed by atoms with van der Waals surface area (Å²) in [5.74, 6) is -0.437. The third-order valence-corrected chi connectivity index (χ3v) is 5.71. The molecule has 1 aromatic carbocycles. The molecule has 0 saturated carbocycles. The molecule has 0 aromatic heterocycles. The van der Waals surface area contributed by atoms with Crippen molar-refractivity contribution in [3.05, 3.63) is 57.3 Å². The Hall–Kier alpha value is -2.49. The van der Waals surface area contributed by atoms with Crippen molar-refractivity contribution in [3.63, 3.8) is 0 Å².